The Hall–Kier alpha value is -1.62. The van der Waals surface area contributed by atoms with E-state index in [4.69, 9.17) is 11.6 Å². The van der Waals surface area contributed by atoms with Crippen molar-refractivity contribution in [3.8, 4) is 0 Å². The molecule has 6 heteroatoms. The molecule has 0 saturated heterocycles. The van der Waals surface area contributed by atoms with Crippen molar-refractivity contribution in [3.63, 3.8) is 0 Å². The number of ether oxygens (including phenoxy) is 1. The van der Waals surface area contributed by atoms with E-state index in [1.807, 2.05) is 0 Å². The second-order valence-corrected chi connectivity index (χ2v) is 3.61. The minimum absolute atomic E-state index is 0.00216. The third kappa shape index (κ3) is 3.17. The fourth-order valence-corrected chi connectivity index (χ4v) is 1.47. The summed E-state index contributed by atoms with van der Waals surface area (Å²) in [4.78, 5) is 22.2. The number of aliphatic carboxylic acids is 1. The number of hydrogen-bond donors (Lipinski definition) is 0. The highest BCUT2D eigenvalue weighted by Crippen LogP contribution is 2.23. The molecule has 0 aliphatic carbocycles. The molecular weight excluding hydrogens is 251 g/mol. The Morgan fingerprint density at radius 3 is 2.65 bits per heavy atom. The molecule has 0 bridgehead atoms. The van der Waals surface area contributed by atoms with E-state index in [2.05, 4.69) is 4.74 Å². The van der Waals surface area contributed by atoms with Crippen LogP contribution in [0.25, 0.3) is 0 Å². The Morgan fingerprint density at radius 2 is 2.18 bits per heavy atom. The van der Waals surface area contributed by atoms with Gasteiger partial charge in [-0.15, -0.1) is 0 Å². The van der Waals surface area contributed by atoms with Gasteiger partial charge in [-0.1, -0.05) is 17.7 Å². The van der Waals surface area contributed by atoms with E-state index in [0.717, 1.165) is 12.1 Å². The highest BCUT2D eigenvalue weighted by Gasteiger charge is 2.26. The summed E-state index contributed by atoms with van der Waals surface area (Å²) in [5, 5.41) is 10.9. The number of esters is 1. The lowest BCUT2D eigenvalue weighted by atomic mass is 9.99. The van der Waals surface area contributed by atoms with Crippen molar-refractivity contribution in [1.29, 1.82) is 0 Å². The van der Waals surface area contributed by atoms with Crippen molar-refractivity contribution < 1.29 is 23.8 Å². The zero-order chi connectivity index (χ0) is 13.0. The van der Waals surface area contributed by atoms with Gasteiger partial charge in [0.05, 0.1) is 12.6 Å². The monoisotopic (exact) mass is 259 g/mol. The van der Waals surface area contributed by atoms with Crippen LogP contribution < -0.4 is 5.11 Å². The van der Waals surface area contributed by atoms with Crippen molar-refractivity contribution in [3.05, 3.63) is 34.6 Å². The van der Waals surface area contributed by atoms with Gasteiger partial charge < -0.3 is 14.6 Å². The Balaban J connectivity index is 3.14. The Kier molecular flexibility index (Phi) is 4.45. The van der Waals surface area contributed by atoms with Gasteiger partial charge in [0.1, 0.15) is 11.7 Å². The summed E-state index contributed by atoms with van der Waals surface area (Å²) < 4.78 is 18.0. The molecule has 0 amide bonds. The van der Waals surface area contributed by atoms with Crippen LogP contribution in [0.3, 0.4) is 0 Å². The van der Waals surface area contributed by atoms with Gasteiger partial charge >= 0.3 is 5.97 Å². The van der Waals surface area contributed by atoms with Gasteiger partial charge in [-0.3, -0.25) is 4.79 Å². The maximum Gasteiger partial charge on any atom is 0.319 e. The summed E-state index contributed by atoms with van der Waals surface area (Å²) in [7, 11) is 0. The first-order valence-electron chi connectivity index (χ1n) is 4.79. The molecule has 17 heavy (non-hydrogen) atoms. The summed E-state index contributed by atoms with van der Waals surface area (Å²) in [6, 6.07) is 3.33. The quantitative estimate of drug-likeness (QED) is 0.595. The van der Waals surface area contributed by atoms with E-state index in [1.54, 1.807) is 0 Å². The normalized spacial score (nSPS) is 11.9. The molecule has 0 spiro atoms. The maximum atomic E-state index is 13.5. The van der Waals surface area contributed by atoms with E-state index in [9.17, 15) is 19.1 Å². The van der Waals surface area contributed by atoms with Gasteiger partial charge in [-0.2, -0.15) is 0 Å². The van der Waals surface area contributed by atoms with Crippen LogP contribution in [0.4, 0.5) is 4.39 Å². The van der Waals surface area contributed by atoms with Gasteiger partial charge in [0.25, 0.3) is 0 Å². The van der Waals surface area contributed by atoms with Gasteiger partial charge in [0.2, 0.25) is 0 Å². The minimum atomic E-state index is -1.78. The topological polar surface area (TPSA) is 66.4 Å². The van der Waals surface area contributed by atoms with Crippen molar-refractivity contribution in [2.24, 2.45) is 0 Å². The smallest absolute Gasteiger partial charge is 0.319 e. The van der Waals surface area contributed by atoms with Crippen LogP contribution in [0.1, 0.15) is 18.4 Å². The second-order valence-electron chi connectivity index (χ2n) is 3.17. The van der Waals surface area contributed by atoms with Gasteiger partial charge in [-0.05, 0) is 19.1 Å². The first-order chi connectivity index (χ1) is 7.97. The molecule has 0 saturated carbocycles. The molecule has 0 N–H and O–H groups in total. The maximum absolute atomic E-state index is 13.5. The van der Waals surface area contributed by atoms with E-state index in [1.165, 1.54) is 13.0 Å². The fraction of sp³-hybridized carbons (Fsp3) is 0.273. The number of hydrogen-bond acceptors (Lipinski definition) is 4. The molecule has 0 heterocycles. The fourth-order valence-electron chi connectivity index (χ4n) is 1.31. The second kappa shape index (κ2) is 5.63. The summed E-state index contributed by atoms with van der Waals surface area (Å²) in [5.74, 6) is -5.45. The predicted molar refractivity (Wildman–Crippen MR) is 55.8 cm³/mol. The Labute approximate surface area is 102 Å². The summed E-state index contributed by atoms with van der Waals surface area (Å²) >= 11 is 5.52. The highest BCUT2D eigenvalue weighted by molar-refractivity contribution is 6.30. The van der Waals surface area contributed by atoms with Crippen LogP contribution in [0.15, 0.2) is 18.2 Å². The molecule has 1 rings (SSSR count). The standard InChI is InChI=1S/C11H10ClFO4/c1-2-17-11(16)9(10(14)15)7-4-3-6(12)5-8(7)13/h3-5,9H,2H2,1H3,(H,14,15)/p-1. The van der Waals surface area contributed by atoms with E-state index >= 15 is 0 Å². The molecule has 1 aromatic rings. The zero-order valence-electron chi connectivity index (χ0n) is 8.91. The number of rotatable bonds is 4. The number of carboxylic acids is 1. The molecular formula is C11H9ClFO4-. The third-order valence-electron chi connectivity index (χ3n) is 2.03. The first kappa shape index (κ1) is 13.4. The number of carbonyl (C=O) groups is 2. The number of benzene rings is 1. The Morgan fingerprint density at radius 1 is 1.53 bits per heavy atom. The number of halogens is 2. The minimum Gasteiger partial charge on any atom is -0.549 e. The van der Waals surface area contributed by atoms with Crippen LogP contribution in [-0.4, -0.2) is 18.5 Å². The molecule has 0 aromatic heterocycles. The van der Waals surface area contributed by atoms with Crippen molar-refractivity contribution >= 4 is 23.5 Å². The molecule has 0 aliphatic heterocycles. The van der Waals surface area contributed by atoms with Crippen molar-refractivity contribution in [2.45, 2.75) is 12.8 Å². The van der Waals surface area contributed by atoms with Crippen LogP contribution >= 0.6 is 11.6 Å². The molecule has 0 fully saturated rings. The lowest BCUT2D eigenvalue weighted by molar-refractivity contribution is -0.307. The Bertz CT molecular complexity index is 447. The van der Waals surface area contributed by atoms with Gasteiger partial charge in [-0.25, -0.2) is 4.39 Å². The SMILES string of the molecule is CCOC(=O)C(C(=O)[O-])c1ccc(Cl)cc1F. The third-order valence-corrected chi connectivity index (χ3v) is 2.27. The largest absolute Gasteiger partial charge is 0.549 e. The molecule has 92 valence electrons. The van der Waals surface area contributed by atoms with Crippen LogP contribution in [-0.2, 0) is 14.3 Å². The average molecular weight is 260 g/mol. The first-order valence-corrected chi connectivity index (χ1v) is 5.17. The predicted octanol–water partition coefficient (Wildman–Crippen LogP) is 0.876. The number of carbonyl (C=O) groups excluding carboxylic acids is 2. The van der Waals surface area contributed by atoms with Crippen molar-refractivity contribution in [1.82, 2.24) is 0 Å². The number of carboxylic acid groups (broad SMARTS) is 1. The summed E-state index contributed by atoms with van der Waals surface area (Å²) in [6.07, 6.45) is 0. The zero-order valence-corrected chi connectivity index (χ0v) is 9.66. The van der Waals surface area contributed by atoms with Crippen LogP contribution in [0.2, 0.25) is 5.02 Å². The van der Waals surface area contributed by atoms with Crippen LogP contribution in [0, 0.1) is 5.82 Å². The van der Waals surface area contributed by atoms with Gasteiger partial charge in [0.15, 0.2) is 0 Å². The molecule has 0 radical (unpaired) electrons. The van der Waals surface area contributed by atoms with E-state index in [-0.39, 0.29) is 17.2 Å². The average Bonchev–Trinajstić information content (AvgIpc) is 2.21. The van der Waals surface area contributed by atoms with Crippen molar-refractivity contribution in [2.75, 3.05) is 6.61 Å². The van der Waals surface area contributed by atoms with Gasteiger partial charge in [0, 0.05) is 10.6 Å². The van der Waals surface area contributed by atoms with E-state index < -0.39 is 23.7 Å². The molecule has 1 atom stereocenters. The lowest BCUT2D eigenvalue weighted by Crippen LogP contribution is -2.36. The van der Waals surface area contributed by atoms with E-state index in [0.29, 0.717) is 0 Å². The molecule has 1 unspecified atom stereocenters. The van der Waals surface area contributed by atoms with Crippen LogP contribution in [0.5, 0.6) is 0 Å². The molecule has 1 aromatic carbocycles. The lowest BCUT2D eigenvalue weighted by Gasteiger charge is -2.17. The summed E-state index contributed by atoms with van der Waals surface area (Å²) in [6.45, 7) is 1.51. The molecule has 4 nitrogen and oxygen atoms in total. The highest BCUT2D eigenvalue weighted by atomic mass is 35.5. The summed E-state index contributed by atoms with van der Waals surface area (Å²) in [5.41, 5.74) is -0.326. The molecule has 0 aliphatic rings.